The van der Waals surface area contributed by atoms with Gasteiger partial charge in [-0.2, -0.15) is 0 Å². The summed E-state index contributed by atoms with van der Waals surface area (Å²) in [6.07, 6.45) is 7.50. The van der Waals surface area contributed by atoms with Crippen LogP contribution in [0.2, 0.25) is 0 Å². The molecule has 0 radical (unpaired) electrons. The predicted octanol–water partition coefficient (Wildman–Crippen LogP) is 2.62. The van der Waals surface area contributed by atoms with Crippen LogP contribution >= 0.6 is 0 Å². The minimum atomic E-state index is 0.635. The summed E-state index contributed by atoms with van der Waals surface area (Å²) in [5, 5.41) is 0. The summed E-state index contributed by atoms with van der Waals surface area (Å²) >= 11 is 0. The smallest absolute Gasteiger partial charge is 0.181 e. The van der Waals surface area contributed by atoms with E-state index in [1.165, 1.54) is 0 Å². The summed E-state index contributed by atoms with van der Waals surface area (Å²) < 4.78 is 7.58. The van der Waals surface area contributed by atoms with E-state index in [2.05, 4.69) is 16.9 Å². The Morgan fingerprint density at radius 1 is 1.24 bits per heavy atom. The van der Waals surface area contributed by atoms with E-state index in [1.54, 1.807) is 12.4 Å². The Labute approximate surface area is 101 Å². The first-order valence-corrected chi connectivity index (χ1v) is 5.97. The number of pyridine rings is 1. The lowest BCUT2D eigenvalue weighted by Crippen LogP contribution is -2.05. The molecule has 2 aromatic rings. The van der Waals surface area contributed by atoms with Gasteiger partial charge in [0.05, 0.1) is 6.61 Å². The van der Waals surface area contributed by atoms with Crippen LogP contribution in [-0.2, 0) is 6.42 Å². The van der Waals surface area contributed by atoms with Crippen LogP contribution in [0.1, 0.15) is 26.1 Å². The zero-order chi connectivity index (χ0) is 12.1. The van der Waals surface area contributed by atoms with Crippen LogP contribution in [0.5, 0.6) is 5.75 Å². The van der Waals surface area contributed by atoms with Crippen molar-refractivity contribution in [2.45, 2.75) is 26.7 Å². The summed E-state index contributed by atoms with van der Waals surface area (Å²) in [7, 11) is 0. The fourth-order valence-electron chi connectivity index (χ4n) is 1.77. The Morgan fingerprint density at radius 3 is 2.88 bits per heavy atom. The van der Waals surface area contributed by atoms with Gasteiger partial charge >= 0.3 is 0 Å². The number of imidazole rings is 1. The van der Waals surface area contributed by atoms with E-state index in [9.17, 15) is 0 Å². The zero-order valence-electron chi connectivity index (χ0n) is 10.3. The molecule has 2 heterocycles. The standard InChI is InChI=1S/C13H17N3O/c1-3-6-12-14-9-10-16(12)13-11(17-4-2)7-5-8-15-13/h5,7-10H,3-4,6H2,1-2H3. The second-order valence-corrected chi connectivity index (χ2v) is 3.72. The SMILES string of the molecule is CCCc1nccn1-c1ncccc1OCC. The molecule has 0 bridgehead atoms. The highest BCUT2D eigenvalue weighted by atomic mass is 16.5. The Hall–Kier alpha value is -1.84. The molecule has 0 unspecified atom stereocenters. The minimum Gasteiger partial charge on any atom is -0.490 e. The lowest BCUT2D eigenvalue weighted by Gasteiger charge is -2.11. The molecule has 2 aromatic heterocycles. The summed E-state index contributed by atoms with van der Waals surface area (Å²) in [4.78, 5) is 8.73. The molecule has 0 atom stereocenters. The molecule has 2 rings (SSSR count). The third-order valence-corrected chi connectivity index (χ3v) is 2.47. The summed E-state index contributed by atoms with van der Waals surface area (Å²) in [6.45, 7) is 4.75. The highest BCUT2D eigenvalue weighted by Gasteiger charge is 2.10. The first-order chi connectivity index (χ1) is 8.36. The van der Waals surface area contributed by atoms with Crippen molar-refractivity contribution in [3.05, 3.63) is 36.5 Å². The largest absolute Gasteiger partial charge is 0.490 e. The van der Waals surface area contributed by atoms with Gasteiger partial charge in [0, 0.05) is 25.0 Å². The van der Waals surface area contributed by atoms with Crippen LogP contribution in [0.3, 0.4) is 0 Å². The van der Waals surface area contributed by atoms with E-state index in [-0.39, 0.29) is 0 Å². The molecule has 0 aliphatic heterocycles. The van der Waals surface area contributed by atoms with Gasteiger partial charge in [-0.05, 0) is 25.5 Å². The van der Waals surface area contributed by atoms with Crippen LogP contribution in [0, 0.1) is 0 Å². The molecule has 90 valence electrons. The molecular weight excluding hydrogens is 214 g/mol. The third-order valence-electron chi connectivity index (χ3n) is 2.47. The van der Waals surface area contributed by atoms with Crippen molar-refractivity contribution in [3.63, 3.8) is 0 Å². The minimum absolute atomic E-state index is 0.635. The van der Waals surface area contributed by atoms with Gasteiger partial charge in [-0.1, -0.05) is 6.92 Å². The van der Waals surface area contributed by atoms with Gasteiger partial charge in [0.15, 0.2) is 11.6 Å². The molecular formula is C13H17N3O. The normalized spacial score (nSPS) is 10.5. The highest BCUT2D eigenvalue weighted by molar-refractivity contribution is 5.40. The molecule has 0 spiro atoms. The van der Waals surface area contributed by atoms with Crippen LogP contribution in [0.4, 0.5) is 0 Å². The molecule has 0 aliphatic carbocycles. The van der Waals surface area contributed by atoms with E-state index in [0.29, 0.717) is 6.61 Å². The lowest BCUT2D eigenvalue weighted by atomic mass is 10.3. The Morgan fingerprint density at radius 2 is 2.12 bits per heavy atom. The molecule has 0 saturated heterocycles. The molecule has 0 saturated carbocycles. The highest BCUT2D eigenvalue weighted by Crippen LogP contribution is 2.21. The van der Waals surface area contributed by atoms with Crippen LogP contribution in [0.15, 0.2) is 30.7 Å². The van der Waals surface area contributed by atoms with Crippen molar-refractivity contribution in [2.24, 2.45) is 0 Å². The number of aromatic nitrogens is 3. The molecule has 0 aromatic carbocycles. The van der Waals surface area contributed by atoms with Crippen molar-refractivity contribution >= 4 is 0 Å². The maximum Gasteiger partial charge on any atom is 0.181 e. The van der Waals surface area contributed by atoms with Gasteiger partial charge in [0.1, 0.15) is 5.82 Å². The molecule has 17 heavy (non-hydrogen) atoms. The van der Waals surface area contributed by atoms with Crippen molar-refractivity contribution in [1.82, 2.24) is 14.5 Å². The van der Waals surface area contributed by atoms with Crippen molar-refractivity contribution in [2.75, 3.05) is 6.61 Å². The van der Waals surface area contributed by atoms with Gasteiger partial charge in [0.2, 0.25) is 0 Å². The first-order valence-electron chi connectivity index (χ1n) is 5.97. The number of rotatable bonds is 5. The first kappa shape index (κ1) is 11.6. The summed E-state index contributed by atoms with van der Waals surface area (Å²) in [6, 6.07) is 3.81. The Kier molecular flexibility index (Phi) is 3.75. The molecule has 0 amide bonds. The second kappa shape index (κ2) is 5.48. The lowest BCUT2D eigenvalue weighted by molar-refractivity contribution is 0.337. The molecule has 0 fully saturated rings. The molecule has 0 aliphatic rings. The average molecular weight is 231 g/mol. The van der Waals surface area contributed by atoms with E-state index < -0.39 is 0 Å². The average Bonchev–Trinajstić information content (AvgIpc) is 2.79. The maximum absolute atomic E-state index is 5.58. The fourth-order valence-corrected chi connectivity index (χ4v) is 1.77. The van der Waals surface area contributed by atoms with Crippen molar-refractivity contribution in [3.8, 4) is 11.6 Å². The monoisotopic (exact) mass is 231 g/mol. The second-order valence-electron chi connectivity index (χ2n) is 3.72. The molecule has 4 heteroatoms. The van der Waals surface area contributed by atoms with Gasteiger partial charge in [-0.15, -0.1) is 0 Å². The Balaban J connectivity index is 2.41. The maximum atomic E-state index is 5.58. The quantitative estimate of drug-likeness (QED) is 0.794. The summed E-state index contributed by atoms with van der Waals surface area (Å²) in [5.41, 5.74) is 0. The van der Waals surface area contributed by atoms with Gasteiger partial charge < -0.3 is 4.74 Å². The number of nitrogens with zero attached hydrogens (tertiary/aromatic N) is 3. The van der Waals surface area contributed by atoms with Crippen molar-refractivity contribution < 1.29 is 4.74 Å². The van der Waals surface area contributed by atoms with Gasteiger partial charge in [-0.3, -0.25) is 4.57 Å². The van der Waals surface area contributed by atoms with E-state index in [0.717, 1.165) is 30.2 Å². The third kappa shape index (κ3) is 2.46. The van der Waals surface area contributed by atoms with Crippen molar-refractivity contribution in [1.29, 1.82) is 0 Å². The number of hydrogen-bond acceptors (Lipinski definition) is 3. The Bertz CT molecular complexity index is 479. The fraction of sp³-hybridized carbons (Fsp3) is 0.385. The van der Waals surface area contributed by atoms with Gasteiger partial charge in [-0.25, -0.2) is 9.97 Å². The van der Waals surface area contributed by atoms with E-state index in [4.69, 9.17) is 4.74 Å². The predicted molar refractivity (Wildman–Crippen MR) is 66.5 cm³/mol. The van der Waals surface area contributed by atoms with Crippen LogP contribution < -0.4 is 4.74 Å². The van der Waals surface area contributed by atoms with E-state index >= 15 is 0 Å². The number of hydrogen-bond donors (Lipinski definition) is 0. The molecule has 4 nitrogen and oxygen atoms in total. The van der Waals surface area contributed by atoms with E-state index in [1.807, 2.05) is 29.8 Å². The van der Waals surface area contributed by atoms with Crippen LogP contribution in [-0.4, -0.2) is 21.1 Å². The number of aryl methyl sites for hydroxylation is 1. The molecule has 0 N–H and O–H groups in total. The van der Waals surface area contributed by atoms with Crippen LogP contribution in [0.25, 0.3) is 5.82 Å². The van der Waals surface area contributed by atoms with Gasteiger partial charge in [0.25, 0.3) is 0 Å². The number of ether oxygens (including phenoxy) is 1. The zero-order valence-corrected chi connectivity index (χ0v) is 10.3. The topological polar surface area (TPSA) is 39.9 Å². The summed E-state index contributed by atoms with van der Waals surface area (Å²) in [5.74, 6) is 2.63.